The third-order valence-corrected chi connectivity index (χ3v) is 6.70. The normalized spacial score (nSPS) is 11.0. The molecule has 0 aromatic heterocycles. The standard InChI is InChI=1S/C16H32O3.C16H30O2/c17-15-13-11-9-7-5-3-1-2-4-6-8-10-12-14-16(18)19;1-2-3-4-5-6-7-8-9-10-11-12-13-14-15-16(17)18/h17H,1-15H2,(H,18,19);7-8H,2-6,9-15H2,1H3,(H,17,18)/b;8-7-. The van der Waals surface area contributed by atoms with Crippen LogP contribution in [0.2, 0.25) is 0 Å². The van der Waals surface area contributed by atoms with Gasteiger partial charge in [0.1, 0.15) is 0 Å². The zero-order valence-electron chi connectivity index (χ0n) is 24.4. The van der Waals surface area contributed by atoms with E-state index < -0.39 is 11.9 Å². The Kier molecular flexibility index (Phi) is 35.4. The smallest absolute Gasteiger partial charge is 0.303 e. The summed E-state index contributed by atoms with van der Waals surface area (Å²) in [6.45, 7) is 2.58. The van der Waals surface area contributed by atoms with E-state index in [-0.39, 0.29) is 0 Å². The molecule has 0 aliphatic rings. The predicted octanol–water partition coefficient (Wildman–Crippen LogP) is 9.85. The summed E-state index contributed by atoms with van der Waals surface area (Å²) in [5.74, 6) is -1.33. The quantitative estimate of drug-likeness (QED) is 0.0696. The molecule has 5 nitrogen and oxygen atoms in total. The van der Waals surface area contributed by atoms with Gasteiger partial charge in [-0.1, -0.05) is 128 Å². The van der Waals surface area contributed by atoms with E-state index in [1.807, 2.05) is 0 Å². The SMILES string of the molecule is CCCCCC/C=C\CCCCCCCC(=O)O.O=C(O)CCCCCCCCCCCCCCCO. The summed E-state index contributed by atoms with van der Waals surface area (Å²) < 4.78 is 0. The van der Waals surface area contributed by atoms with Crippen molar-refractivity contribution in [3.8, 4) is 0 Å². The first-order chi connectivity index (χ1) is 18.0. The van der Waals surface area contributed by atoms with Gasteiger partial charge in [-0.05, 0) is 44.9 Å². The second-order valence-corrected chi connectivity index (χ2v) is 10.5. The van der Waals surface area contributed by atoms with Crippen LogP contribution in [0.25, 0.3) is 0 Å². The van der Waals surface area contributed by atoms with Crippen LogP contribution in [0, 0.1) is 0 Å². The van der Waals surface area contributed by atoms with Gasteiger partial charge in [0.2, 0.25) is 0 Å². The Morgan fingerprint density at radius 3 is 1.08 bits per heavy atom. The molecule has 37 heavy (non-hydrogen) atoms. The predicted molar refractivity (Wildman–Crippen MR) is 157 cm³/mol. The van der Waals surface area contributed by atoms with Gasteiger partial charge in [0.25, 0.3) is 0 Å². The molecule has 0 unspecified atom stereocenters. The summed E-state index contributed by atoms with van der Waals surface area (Å²) in [6.07, 6.45) is 34.4. The summed E-state index contributed by atoms with van der Waals surface area (Å²) >= 11 is 0. The first-order valence-electron chi connectivity index (χ1n) is 15.7. The van der Waals surface area contributed by atoms with Crippen molar-refractivity contribution in [2.24, 2.45) is 0 Å². The van der Waals surface area contributed by atoms with E-state index in [1.54, 1.807) is 0 Å². The molecule has 0 fully saturated rings. The second kappa shape index (κ2) is 34.6. The van der Waals surface area contributed by atoms with Gasteiger partial charge in [0.05, 0.1) is 0 Å². The first kappa shape index (κ1) is 37.8. The maximum absolute atomic E-state index is 10.3. The Morgan fingerprint density at radius 1 is 0.459 bits per heavy atom. The van der Waals surface area contributed by atoms with Gasteiger partial charge in [-0.15, -0.1) is 0 Å². The zero-order chi connectivity index (χ0) is 27.7. The molecular formula is C32H62O5. The van der Waals surface area contributed by atoms with Gasteiger partial charge in [-0.25, -0.2) is 0 Å². The Hall–Kier alpha value is -1.36. The van der Waals surface area contributed by atoms with Gasteiger partial charge in [-0.3, -0.25) is 9.59 Å². The molecular weight excluding hydrogens is 464 g/mol. The Morgan fingerprint density at radius 2 is 0.757 bits per heavy atom. The van der Waals surface area contributed by atoms with Crippen molar-refractivity contribution in [1.29, 1.82) is 0 Å². The highest BCUT2D eigenvalue weighted by atomic mass is 16.4. The monoisotopic (exact) mass is 526 g/mol. The molecule has 0 bridgehead atoms. The highest BCUT2D eigenvalue weighted by Gasteiger charge is 1.97. The molecule has 3 N–H and O–H groups in total. The first-order valence-corrected chi connectivity index (χ1v) is 15.7. The number of aliphatic carboxylic acids is 2. The van der Waals surface area contributed by atoms with Gasteiger partial charge in [0.15, 0.2) is 0 Å². The second-order valence-electron chi connectivity index (χ2n) is 10.5. The van der Waals surface area contributed by atoms with Gasteiger partial charge >= 0.3 is 11.9 Å². The Labute approximate surface area is 229 Å². The highest BCUT2D eigenvalue weighted by molar-refractivity contribution is 5.66. The molecule has 0 amide bonds. The van der Waals surface area contributed by atoms with Crippen LogP contribution >= 0.6 is 0 Å². The van der Waals surface area contributed by atoms with Crippen LogP contribution in [0.15, 0.2) is 12.2 Å². The van der Waals surface area contributed by atoms with Crippen LogP contribution in [-0.4, -0.2) is 33.9 Å². The maximum Gasteiger partial charge on any atom is 0.303 e. The summed E-state index contributed by atoms with van der Waals surface area (Å²) in [5, 5.41) is 25.6. The molecule has 0 saturated heterocycles. The van der Waals surface area contributed by atoms with E-state index in [4.69, 9.17) is 15.3 Å². The summed E-state index contributed by atoms with van der Waals surface area (Å²) in [6, 6.07) is 0. The van der Waals surface area contributed by atoms with Crippen LogP contribution < -0.4 is 0 Å². The molecule has 0 spiro atoms. The lowest BCUT2D eigenvalue weighted by molar-refractivity contribution is -0.138. The molecule has 0 aromatic rings. The fourth-order valence-corrected chi connectivity index (χ4v) is 4.33. The summed E-state index contributed by atoms with van der Waals surface area (Å²) in [5.41, 5.74) is 0. The largest absolute Gasteiger partial charge is 0.481 e. The van der Waals surface area contributed by atoms with E-state index in [2.05, 4.69) is 19.1 Å². The van der Waals surface area contributed by atoms with E-state index >= 15 is 0 Å². The van der Waals surface area contributed by atoms with E-state index in [0.29, 0.717) is 19.4 Å². The van der Waals surface area contributed by atoms with Crippen LogP contribution in [0.1, 0.15) is 174 Å². The molecule has 0 atom stereocenters. The van der Waals surface area contributed by atoms with E-state index in [9.17, 15) is 9.59 Å². The molecule has 0 aromatic carbocycles. The summed E-state index contributed by atoms with van der Waals surface area (Å²) in [4.78, 5) is 20.6. The van der Waals surface area contributed by atoms with Gasteiger partial charge in [0, 0.05) is 19.4 Å². The molecule has 0 aliphatic carbocycles. The lowest BCUT2D eigenvalue weighted by atomic mass is 10.0. The molecule has 5 heteroatoms. The lowest BCUT2D eigenvalue weighted by Crippen LogP contribution is -1.93. The zero-order valence-corrected chi connectivity index (χ0v) is 24.4. The number of carboxylic acid groups (broad SMARTS) is 2. The minimum Gasteiger partial charge on any atom is -0.481 e. The number of rotatable bonds is 28. The Bertz CT molecular complexity index is 490. The molecule has 0 aliphatic heterocycles. The minimum atomic E-state index is -0.668. The van der Waals surface area contributed by atoms with Gasteiger partial charge in [-0.2, -0.15) is 0 Å². The molecule has 0 saturated carbocycles. The fourth-order valence-electron chi connectivity index (χ4n) is 4.33. The van der Waals surface area contributed by atoms with Crippen molar-refractivity contribution >= 4 is 11.9 Å². The average molecular weight is 527 g/mol. The van der Waals surface area contributed by atoms with Crippen molar-refractivity contribution in [3.63, 3.8) is 0 Å². The van der Waals surface area contributed by atoms with E-state index in [0.717, 1.165) is 32.1 Å². The van der Waals surface area contributed by atoms with Crippen molar-refractivity contribution in [2.45, 2.75) is 174 Å². The number of aliphatic hydroxyl groups is 1. The topological polar surface area (TPSA) is 94.8 Å². The number of aliphatic hydroxyl groups excluding tert-OH is 1. The maximum atomic E-state index is 10.3. The van der Waals surface area contributed by atoms with Crippen molar-refractivity contribution in [2.75, 3.05) is 6.61 Å². The van der Waals surface area contributed by atoms with Crippen LogP contribution in [-0.2, 0) is 9.59 Å². The number of hydrogen-bond donors (Lipinski definition) is 3. The van der Waals surface area contributed by atoms with Crippen molar-refractivity contribution in [3.05, 3.63) is 12.2 Å². The minimum absolute atomic E-state index is 0.330. The molecule has 0 heterocycles. The number of allylic oxidation sites excluding steroid dienone is 2. The number of hydrogen-bond acceptors (Lipinski definition) is 3. The van der Waals surface area contributed by atoms with Crippen molar-refractivity contribution in [1.82, 2.24) is 0 Å². The molecule has 0 rings (SSSR count). The average Bonchev–Trinajstić information content (AvgIpc) is 2.87. The molecule has 0 radical (unpaired) electrons. The number of carboxylic acids is 2. The third kappa shape index (κ3) is 42.0. The van der Waals surface area contributed by atoms with Crippen LogP contribution in [0.5, 0.6) is 0 Å². The van der Waals surface area contributed by atoms with Gasteiger partial charge < -0.3 is 15.3 Å². The van der Waals surface area contributed by atoms with Crippen LogP contribution in [0.4, 0.5) is 0 Å². The van der Waals surface area contributed by atoms with E-state index in [1.165, 1.54) is 122 Å². The Balaban J connectivity index is 0. The molecule has 220 valence electrons. The number of carbonyl (C=O) groups is 2. The van der Waals surface area contributed by atoms with Crippen molar-refractivity contribution < 1.29 is 24.9 Å². The summed E-state index contributed by atoms with van der Waals surface area (Å²) in [7, 11) is 0. The fraction of sp³-hybridized carbons (Fsp3) is 0.875. The lowest BCUT2D eigenvalue weighted by Gasteiger charge is -2.02. The van der Waals surface area contributed by atoms with Crippen LogP contribution in [0.3, 0.4) is 0 Å². The highest BCUT2D eigenvalue weighted by Crippen LogP contribution is 2.13. The number of unbranched alkanes of at least 4 members (excludes halogenated alkanes) is 21. The third-order valence-electron chi connectivity index (χ3n) is 6.70.